The molecule has 0 heterocycles. The highest BCUT2D eigenvalue weighted by atomic mass is 16.5. The number of nitrogens with zero attached hydrogens (tertiary/aromatic N) is 1. The molecule has 128 valence electrons. The molecule has 0 unspecified atom stereocenters. The molecule has 0 N–H and O–H groups in total. The summed E-state index contributed by atoms with van der Waals surface area (Å²) in [5.41, 5.74) is 2.24. The molecular weight excluding hydrogens is 282 g/mol. The fourth-order valence-electron chi connectivity index (χ4n) is 4.98. The van der Waals surface area contributed by atoms with Crippen LogP contribution in [0.4, 0.5) is 0 Å². The summed E-state index contributed by atoms with van der Waals surface area (Å²) in [7, 11) is 4.62. The summed E-state index contributed by atoms with van der Waals surface area (Å²) in [5, 5.41) is 0. The highest BCUT2D eigenvalue weighted by molar-refractivity contribution is 5.13. The minimum atomic E-state index is 0.383. The van der Waals surface area contributed by atoms with E-state index in [0.717, 1.165) is 30.1 Å². The molecule has 2 heteroatoms. The van der Waals surface area contributed by atoms with Crippen molar-refractivity contribution in [2.24, 2.45) is 16.7 Å². The first-order valence-corrected chi connectivity index (χ1v) is 9.22. The second-order valence-electron chi connectivity index (χ2n) is 9.27. The van der Waals surface area contributed by atoms with Gasteiger partial charge in [0.05, 0.1) is 26.8 Å². The van der Waals surface area contributed by atoms with Gasteiger partial charge in [0.2, 0.25) is 0 Å². The van der Waals surface area contributed by atoms with Crippen LogP contribution in [0.5, 0.6) is 0 Å². The largest absolute Gasteiger partial charge is 0.372 e. The standard InChI is InChI=1S/C21H34NO/c1-20(2)18-11-12-21(20,3)19(15-18)23-14-13-22(4,5)16-17-9-7-6-8-10-17/h6-10,18-19H,11-16H2,1-5H3/q+1/t18-,19-,21-/m1/s1. The Hall–Kier alpha value is -0.860. The number of quaternary nitrogens is 1. The Bertz CT molecular complexity index is 536. The molecule has 2 bridgehead atoms. The Morgan fingerprint density at radius 1 is 1.13 bits per heavy atom. The Balaban J connectivity index is 1.52. The zero-order chi connectivity index (χ0) is 16.7. The summed E-state index contributed by atoms with van der Waals surface area (Å²) in [6, 6.07) is 10.8. The summed E-state index contributed by atoms with van der Waals surface area (Å²) in [5.74, 6) is 0.865. The summed E-state index contributed by atoms with van der Waals surface area (Å²) < 4.78 is 7.42. The molecule has 23 heavy (non-hydrogen) atoms. The highest BCUT2D eigenvalue weighted by Crippen LogP contribution is 2.66. The van der Waals surface area contributed by atoms with Crippen LogP contribution in [0.3, 0.4) is 0 Å². The zero-order valence-electron chi connectivity index (χ0n) is 15.6. The monoisotopic (exact) mass is 316 g/mol. The molecule has 0 saturated heterocycles. The predicted molar refractivity (Wildman–Crippen MR) is 96.1 cm³/mol. The molecule has 0 spiro atoms. The van der Waals surface area contributed by atoms with Crippen LogP contribution in [0, 0.1) is 16.7 Å². The summed E-state index contributed by atoms with van der Waals surface area (Å²) in [4.78, 5) is 0. The van der Waals surface area contributed by atoms with Crippen molar-refractivity contribution >= 4 is 0 Å². The van der Waals surface area contributed by atoms with Gasteiger partial charge in [0, 0.05) is 5.56 Å². The highest BCUT2D eigenvalue weighted by Gasteiger charge is 2.61. The molecule has 0 amide bonds. The molecule has 3 rings (SSSR count). The van der Waals surface area contributed by atoms with Gasteiger partial charge in [0.25, 0.3) is 0 Å². The van der Waals surface area contributed by atoms with Crippen molar-refractivity contribution in [2.75, 3.05) is 27.2 Å². The fraction of sp³-hybridized carbons (Fsp3) is 0.714. The van der Waals surface area contributed by atoms with Crippen LogP contribution in [-0.2, 0) is 11.3 Å². The van der Waals surface area contributed by atoms with E-state index in [-0.39, 0.29) is 0 Å². The van der Waals surface area contributed by atoms with Crippen LogP contribution in [0.25, 0.3) is 0 Å². The maximum absolute atomic E-state index is 6.43. The van der Waals surface area contributed by atoms with Gasteiger partial charge in [0.15, 0.2) is 0 Å². The first kappa shape index (κ1) is 17.0. The lowest BCUT2D eigenvalue weighted by molar-refractivity contribution is -0.904. The van der Waals surface area contributed by atoms with E-state index in [2.05, 4.69) is 65.2 Å². The average Bonchev–Trinajstić information content (AvgIpc) is 2.81. The average molecular weight is 317 g/mol. The number of likely N-dealkylation sites (N-methyl/N-ethyl adjacent to an activating group) is 1. The minimum Gasteiger partial charge on any atom is -0.372 e. The summed E-state index contributed by atoms with van der Waals surface area (Å²) in [6.45, 7) is 10.4. The molecule has 3 atom stereocenters. The molecule has 2 nitrogen and oxygen atoms in total. The third kappa shape index (κ3) is 3.08. The van der Waals surface area contributed by atoms with Crippen molar-refractivity contribution in [3.63, 3.8) is 0 Å². The zero-order valence-corrected chi connectivity index (χ0v) is 15.6. The molecule has 2 saturated carbocycles. The second kappa shape index (κ2) is 5.89. The van der Waals surface area contributed by atoms with Crippen molar-refractivity contribution < 1.29 is 9.22 Å². The minimum absolute atomic E-state index is 0.383. The quantitative estimate of drug-likeness (QED) is 0.702. The van der Waals surface area contributed by atoms with Crippen molar-refractivity contribution in [2.45, 2.75) is 52.7 Å². The van der Waals surface area contributed by atoms with Gasteiger partial charge in [-0.3, -0.25) is 0 Å². The van der Waals surface area contributed by atoms with Crippen LogP contribution in [-0.4, -0.2) is 37.8 Å². The lowest BCUT2D eigenvalue weighted by atomic mass is 9.70. The van der Waals surface area contributed by atoms with Crippen molar-refractivity contribution in [1.82, 2.24) is 0 Å². The predicted octanol–water partition coefficient (Wildman–Crippen LogP) is 4.49. The van der Waals surface area contributed by atoms with E-state index in [1.54, 1.807) is 0 Å². The summed E-state index contributed by atoms with van der Waals surface area (Å²) >= 11 is 0. The lowest BCUT2D eigenvalue weighted by Crippen LogP contribution is -2.43. The Morgan fingerprint density at radius 3 is 2.39 bits per heavy atom. The molecule has 0 aliphatic heterocycles. The van der Waals surface area contributed by atoms with E-state index in [4.69, 9.17) is 4.74 Å². The van der Waals surface area contributed by atoms with Gasteiger partial charge in [-0.1, -0.05) is 51.1 Å². The number of fused-ring (bicyclic) bond motifs is 2. The Labute approximate surface area is 142 Å². The van der Waals surface area contributed by atoms with Gasteiger partial charge in [-0.2, -0.15) is 0 Å². The maximum atomic E-state index is 6.43. The number of hydrogen-bond acceptors (Lipinski definition) is 1. The Kier molecular flexibility index (Phi) is 4.35. The van der Waals surface area contributed by atoms with Gasteiger partial charge in [-0.25, -0.2) is 0 Å². The number of ether oxygens (including phenoxy) is 1. The number of hydrogen-bond donors (Lipinski definition) is 0. The first-order valence-electron chi connectivity index (χ1n) is 9.22. The molecule has 1 aromatic rings. The van der Waals surface area contributed by atoms with Gasteiger partial charge in [-0.15, -0.1) is 0 Å². The van der Waals surface area contributed by atoms with Gasteiger partial charge < -0.3 is 9.22 Å². The summed E-state index contributed by atoms with van der Waals surface area (Å²) in [6.07, 6.45) is 4.49. The van der Waals surface area contributed by atoms with E-state index < -0.39 is 0 Å². The third-order valence-electron chi connectivity index (χ3n) is 7.18. The maximum Gasteiger partial charge on any atom is 0.104 e. The first-order chi connectivity index (χ1) is 10.7. The van der Waals surface area contributed by atoms with E-state index in [0.29, 0.717) is 16.9 Å². The second-order valence-corrected chi connectivity index (χ2v) is 9.27. The van der Waals surface area contributed by atoms with E-state index >= 15 is 0 Å². The molecule has 2 fully saturated rings. The van der Waals surface area contributed by atoms with E-state index in [9.17, 15) is 0 Å². The number of rotatable bonds is 6. The van der Waals surface area contributed by atoms with Gasteiger partial charge >= 0.3 is 0 Å². The van der Waals surface area contributed by atoms with Crippen molar-refractivity contribution in [3.05, 3.63) is 35.9 Å². The van der Waals surface area contributed by atoms with Gasteiger partial charge in [-0.05, 0) is 36.0 Å². The SMILES string of the molecule is CC1(C)[C@@H]2CC[C@]1(C)[C@H](OCC[N+](C)(C)Cc1ccccc1)C2. The molecule has 2 aliphatic carbocycles. The van der Waals surface area contributed by atoms with Crippen molar-refractivity contribution in [1.29, 1.82) is 0 Å². The van der Waals surface area contributed by atoms with Gasteiger partial charge in [0.1, 0.15) is 13.1 Å². The van der Waals surface area contributed by atoms with Crippen LogP contribution in [0.2, 0.25) is 0 Å². The molecule has 0 radical (unpaired) electrons. The lowest BCUT2D eigenvalue weighted by Gasteiger charge is -2.39. The smallest absolute Gasteiger partial charge is 0.104 e. The molecule has 0 aromatic heterocycles. The van der Waals surface area contributed by atoms with Crippen LogP contribution >= 0.6 is 0 Å². The topological polar surface area (TPSA) is 9.23 Å². The third-order valence-corrected chi connectivity index (χ3v) is 7.18. The normalized spacial score (nSPS) is 32.4. The van der Waals surface area contributed by atoms with Crippen LogP contribution in [0.15, 0.2) is 30.3 Å². The Morgan fingerprint density at radius 2 is 1.83 bits per heavy atom. The molecule has 1 aromatic carbocycles. The van der Waals surface area contributed by atoms with Crippen molar-refractivity contribution in [3.8, 4) is 0 Å². The molecule has 2 aliphatic rings. The number of benzene rings is 1. The van der Waals surface area contributed by atoms with E-state index in [1.807, 2.05) is 0 Å². The van der Waals surface area contributed by atoms with Crippen LogP contribution in [0.1, 0.15) is 45.6 Å². The van der Waals surface area contributed by atoms with Crippen LogP contribution < -0.4 is 0 Å². The van der Waals surface area contributed by atoms with E-state index in [1.165, 1.54) is 24.8 Å². The molecular formula is C21H34NO+. The fourth-order valence-corrected chi connectivity index (χ4v) is 4.98.